The summed E-state index contributed by atoms with van der Waals surface area (Å²) in [6, 6.07) is 6.81. The zero-order valence-electron chi connectivity index (χ0n) is 18.7. The van der Waals surface area contributed by atoms with Crippen molar-refractivity contribution in [3.63, 3.8) is 0 Å². The molecule has 2 aliphatic heterocycles. The zero-order valence-corrected chi connectivity index (χ0v) is 18.7. The van der Waals surface area contributed by atoms with Crippen LogP contribution in [0, 0.1) is 23.5 Å². The monoisotopic (exact) mass is 544 g/mol. The number of rotatable bonds is 3. The van der Waals surface area contributed by atoms with Gasteiger partial charge in [0.15, 0.2) is 5.82 Å². The lowest BCUT2D eigenvalue weighted by Gasteiger charge is -2.21. The molecule has 1 aromatic carbocycles. The van der Waals surface area contributed by atoms with Crippen molar-refractivity contribution in [2.45, 2.75) is 18.9 Å². The van der Waals surface area contributed by atoms with Crippen LogP contribution in [0.1, 0.15) is 5.56 Å². The SMILES string of the molecule is Fc1cnc(N2C[C@H]3CN(Cc4cccc(F)c4)C[C@H]3C2)nc1.O=C(O)C(F)(F)F.O=C(O)C(F)(F)F. The molecular formula is C21H20F8N4O4. The first-order chi connectivity index (χ1) is 17.1. The molecule has 204 valence electrons. The van der Waals surface area contributed by atoms with Crippen LogP contribution in [-0.2, 0) is 16.1 Å². The maximum atomic E-state index is 13.3. The maximum Gasteiger partial charge on any atom is 0.490 e. The van der Waals surface area contributed by atoms with Gasteiger partial charge in [-0.2, -0.15) is 26.3 Å². The zero-order chi connectivity index (χ0) is 28.0. The molecule has 0 saturated carbocycles. The second-order valence-corrected chi connectivity index (χ2v) is 8.06. The molecule has 2 N–H and O–H groups in total. The Morgan fingerprint density at radius 2 is 1.30 bits per heavy atom. The molecule has 0 unspecified atom stereocenters. The van der Waals surface area contributed by atoms with Crippen molar-refractivity contribution in [2.75, 3.05) is 31.1 Å². The van der Waals surface area contributed by atoms with Crippen LogP contribution in [0.25, 0.3) is 0 Å². The second kappa shape index (κ2) is 12.1. The number of carboxylic acid groups (broad SMARTS) is 2. The van der Waals surface area contributed by atoms with E-state index in [1.54, 1.807) is 12.1 Å². The number of anilines is 1. The van der Waals surface area contributed by atoms with Crippen LogP contribution in [0.2, 0.25) is 0 Å². The maximum absolute atomic E-state index is 13.3. The smallest absolute Gasteiger partial charge is 0.475 e. The molecule has 2 saturated heterocycles. The van der Waals surface area contributed by atoms with Crippen molar-refractivity contribution in [1.29, 1.82) is 0 Å². The molecule has 37 heavy (non-hydrogen) atoms. The Labute approximate surface area is 204 Å². The molecule has 4 rings (SSSR count). The summed E-state index contributed by atoms with van der Waals surface area (Å²) < 4.78 is 89.7. The Bertz CT molecular complexity index is 1030. The third kappa shape index (κ3) is 9.44. The lowest BCUT2D eigenvalue weighted by atomic mass is 10.0. The molecule has 2 aromatic rings. The van der Waals surface area contributed by atoms with E-state index in [-0.39, 0.29) is 5.82 Å². The van der Waals surface area contributed by atoms with Crippen LogP contribution < -0.4 is 4.90 Å². The Hall–Kier alpha value is -3.56. The number of fused-ring (bicyclic) bond motifs is 1. The first-order valence-corrected chi connectivity index (χ1v) is 10.4. The third-order valence-electron chi connectivity index (χ3n) is 5.23. The van der Waals surface area contributed by atoms with Gasteiger partial charge in [0.25, 0.3) is 0 Å². The Morgan fingerprint density at radius 1 is 0.838 bits per heavy atom. The average Bonchev–Trinajstić information content (AvgIpc) is 3.32. The number of nitrogens with zero attached hydrogens (tertiary/aromatic N) is 4. The van der Waals surface area contributed by atoms with Crippen LogP contribution in [0.3, 0.4) is 0 Å². The number of aliphatic carboxylic acids is 2. The molecule has 2 atom stereocenters. The Kier molecular flexibility index (Phi) is 9.72. The van der Waals surface area contributed by atoms with Gasteiger partial charge in [-0.25, -0.2) is 28.3 Å². The highest BCUT2D eigenvalue weighted by atomic mass is 19.4. The number of aromatic nitrogens is 2. The number of hydrogen-bond donors (Lipinski definition) is 2. The first-order valence-electron chi connectivity index (χ1n) is 10.4. The van der Waals surface area contributed by atoms with Crippen LogP contribution in [-0.4, -0.2) is 75.6 Å². The van der Waals surface area contributed by atoms with Gasteiger partial charge in [0.2, 0.25) is 5.95 Å². The van der Waals surface area contributed by atoms with Gasteiger partial charge >= 0.3 is 24.3 Å². The molecule has 2 fully saturated rings. The van der Waals surface area contributed by atoms with Crippen LogP contribution in [0.5, 0.6) is 0 Å². The summed E-state index contributed by atoms with van der Waals surface area (Å²) in [5, 5.41) is 14.2. The van der Waals surface area contributed by atoms with Gasteiger partial charge in [0.1, 0.15) is 5.82 Å². The van der Waals surface area contributed by atoms with Crippen molar-refractivity contribution in [3.8, 4) is 0 Å². The molecule has 0 aliphatic carbocycles. The molecule has 3 heterocycles. The lowest BCUT2D eigenvalue weighted by Crippen LogP contribution is -2.29. The minimum absolute atomic E-state index is 0.179. The first kappa shape index (κ1) is 29.7. The van der Waals surface area contributed by atoms with Crippen molar-refractivity contribution >= 4 is 17.9 Å². The van der Waals surface area contributed by atoms with Crippen LogP contribution >= 0.6 is 0 Å². The number of alkyl halides is 6. The minimum atomic E-state index is -5.08. The number of carbonyl (C=O) groups is 2. The van der Waals surface area contributed by atoms with E-state index in [2.05, 4.69) is 19.8 Å². The number of carboxylic acids is 2. The third-order valence-corrected chi connectivity index (χ3v) is 5.23. The van der Waals surface area contributed by atoms with Gasteiger partial charge in [-0.05, 0) is 29.5 Å². The molecule has 16 heteroatoms. The van der Waals surface area contributed by atoms with E-state index in [0.29, 0.717) is 17.8 Å². The van der Waals surface area contributed by atoms with Gasteiger partial charge in [0, 0.05) is 32.7 Å². The largest absolute Gasteiger partial charge is 0.490 e. The van der Waals surface area contributed by atoms with Crippen molar-refractivity contribution in [2.24, 2.45) is 11.8 Å². The van der Waals surface area contributed by atoms with E-state index in [0.717, 1.165) is 38.3 Å². The number of hydrogen-bond acceptors (Lipinski definition) is 6. The fourth-order valence-corrected chi connectivity index (χ4v) is 3.74. The lowest BCUT2D eigenvalue weighted by molar-refractivity contribution is -0.193. The molecule has 8 nitrogen and oxygen atoms in total. The normalized spacial score (nSPS) is 19.3. The standard InChI is InChI=1S/C17H18F2N4.2C2HF3O2/c18-15-3-1-2-12(4-15)7-22-8-13-10-23(11-14(13)9-22)17-20-5-16(19)6-21-17;2*3-2(4,5)1(6)7/h1-6,13-14H,7-11H2;2*(H,6,7)/t13-,14+;;. The molecule has 0 bridgehead atoms. The van der Waals surface area contributed by atoms with Crippen molar-refractivity contribution < 1.29 is 54.9 Å². The summed E-state index contributed by atoms with van der Waals surface area (Å²) in [7, 11) is 0. The predicted molar refractivity (Wildman–Crippen MR) is 110 cm³/mol. The molecule has 2 aliphatic rings. The molecule has 0 spiro atoms. The van der Waals surface area contributed by atoms with E-state index in [1.807, 2.05) is 6.07 Å². The summed E-state index contributed by atoms with van der Waals surface area (Å²) in [6.45, 7) is 4.58. The minimum Gasteiger partial charge on any atom is -0.475 e. The molecule has 0 amide bonds. The number of likely N-dealkylation sites (tertiary alicyclic amines) is 1. The Morgan fingerprint density at radius 3 is 1.70 bits per heavy atom. The van der Waals surface area contributed by atoms with E-state index in [4.69, 9.17) is 19.8 Å². The average molecular weight is 544 g/mol. The predicted octanol–water partition coefficient (Wildman–Crippen LogP) is 3.59. The highest BCUT2D eigenvalue weighted by Gasteiger charge is 2.41. The number of benzene rings is 1. The molecule has 1 aromatic heterocycles. The summed E-state index contributed by atoms with van der Waals surface area (Å²) in [5.74, 6) is -4.36. The fraction of sp³-hybridized carbons (Fsp3) is 0.429. The molecular weight excluding hydrogens is 524 g/mol. The van der Waals surface area contributed by atoms with Gasteiger partial charge < -0.3 is 15.1 Å². The van der Waals surface area contributed by atoms with Gasteiger partial charge in [0.05, 0.1) is 12.4 Å². The quantitative estimate of drug-likeness (QED) is 0.565. The number of halogens is 8. The summed E-state index contributed by atoms with van der Waals surface area (Å²) in [5.41, 5.74) is 1.02. The topological polar surface area (TPSA) is 107 Å². The summed E-state index contributed by atoms with van der Waals surface area (Å²) >= 11 is 0. The highest BCUT2D eigenvalue weighted by Crippen LogP contribution is 2.33. The van der Waals surface area contributed by atoms with Gasteiger partial charge in [-0.1, -0.05) is 12.1 Å². The summed E-state index contributed by atoms with van der Waals surface area (Å²) in [6.07, 6.45) is -7.74. The van der Waals surface area contributed by atoms with E-state index >= 15 is 0 Å². The highest BCUT2D eigenvalue weighted by molar-refractivity contribution is 5.73. The van der Waals surface area contributed by atoms with Crippen molar-refractivity contribution in [1.82, 2.24) is 14.9 Å². The van der Waals surface area contributed by atoms with E-state index in [9.17, 15) is 35.1 Å². The van der Waals surface area contributed by atoms with Crippen LogP contribution in [0.4, 0.5) is 41.1 Å². The summed E-state index contributed by atoms with van der Waals surface area (Å²) in [4.78, 5) is 30.4. The van der Waals surface area contributed by atoms with Crippen molar-refractivity contribution in [3.05, 3.63) is 53.9 Å². The Balaban J connectivity index is 0.000000286. The van der Waals surface area contributed by atoms with E-state index in [1.165, 1.54) is 18.5 Å². The second-order valence-electron chi connectivity index (χ2n) is 8.06. The van der Waals surface area contributed by atoms with E-state index < -0.39 is 30.1 Å². The fourth-order valence-electron chi connectivity index (χ4n) is 3.74. The van der Waals surface area contributed by atoms with Gasteiger partial charge in [-0.15, -0.1) is 0 Å². The van der Waals surface area contributed by atoms with Gasteiger partial charge in [-0.3, -0.25) is 4.90 Å². The molecule has 0 radical (unpaired) electrons. The van der Waals surface area contributed by atoms with Crippen LogP contribution in [0.15, 0.2) is 36.7 Å².